The minimum absolute atomic E-state index is 0.120. The van der Waals surface area contributed by atoms with Crippen LogP contribution in [-0.4, -0.2) is 64.0 Å². The van der Waals surface area contributed by atoms with Crippen molar-refractivity contribution >= 4 is 28.6 Å². The maximum Gasteiger partial charge on any atom is 0.338 e. The number of piperidine rings is 1. The zero-order valence-corrected chi connectivity index (χ0v) is 20.4. The lowest BCUT2D eigenvalue weighted by atomic mass is 9.77. The van der Waals surface area contributed by atoms with Gasteiger partial charge in [-0.05, 0) is 61.9 Å². The number of benzene rings is 1. The third kappa shape index (κ3) is 4.54. The fraction of sp³-hybridized carbons (Fsp3) is 0.583. The second-order valence-corrected chi connectivity index (χ2v) is 10.4. The summed E-state index contributed by atoms with van der Waals surface area (Å²) in [7, 11) is 0. The van der Waals surface area contributed by atoms with Crippen LogP contribution >= 0.6 is 11.5 Å². The minimum atomic E-state index is -0.591. The zero-order valence-electron chi connectivity index (χ0n) is 19.6. The molecule has 1 aromatic heterocycles. The Bertz CT molecular complexity index is 1100. The number of aliphatic hydroxyl groups excluding tert-OH is 1. The Morgan fingerprint density at radius 3 is 2.82 bits per heavy atom. The zero-order chi connectivity index (χ0) is 23.9. The lowest BCUT2D eigenvalue weighted by Crippen LogP contribution is -2.43. The SMILES string of the molecule is CC(=O)OCc1nsc(N2CCC3(CCN(C[C@H](O)c4ccc5c(c4C)COC5=O)CC3)C2)n1. The summed E-state index contributed by atoms with van der Waals surface area (Å²) in [5.74, 6) is -0.0539. The van der Waals surface area contributed by atoms with E-state index in [1.165, 1.54) is 18.5 Å². The average Bonchev–Trinajstić information content (AvgIpc) is 3.54. The molecule has 2 aromatic rings. The molecule has 3 aliphatic heterocycles. The number of fused-ring (bicyclic) bond motifs is 1. The predicted octanol–water partition coefficient (Wildman–Crippen LogP) is 2.61. The number of ether oxygens (including phenoxy) is 2. The molecule has 0 radical (unpaired) electrons. The highest BCUT2D eigenvalue weighted by atomic mass is 32.1. The van der Waals surface area contributed by atoms with Gasteiger partial charge in [0, 0.05) is 43.7 Å². The Balaban J connectivity index is 1.15. The molecular formula is C24H30N4O5S. The van der Waals surface area contributed by atoms with E-state index < -0.39 is 6.10 Å². The number of hydrogen-bond acceptors (Lipinski definition) is 10. The van der Waals surface area contributed by atoms with Gasteiger partial charge in [0.05, 0.1) is 11.7 Å². The van der Waals surface area contributed by atoms with Crippen molar-refractivity contribution in [3.8, 4) is 0 Å². The van der Waals surface area contributed by atoms with Gasteiger partial charge in [-0.3, -0.25) is 4.79 Å². The van der Waals surface area contributed by atoms with E-state index in [0.29, 0.717) is 24.5 Å². The second-order valence-electron chi connectivity index (χ2n) is 9.64. The lowest BCUT2D eigenvalue weighted by molar-refractivity contribution is -0.142. The quantitative estimate of drug-likeness (QED) is 0.617. The third-order valence-corrected chi connectivity index (χ3v) is 8.30. The number of carbonyl (C=O) groups excluding carboxylic acids is 2. The van der Waals surface area contributed by atoms with Crippen LogP contribution in [0, 0.1) is 12.3 Å². The molecule has 0 amide bonds. The molecule has 1 N–H and O–H groups in total. The van der Waals surface area contributed by atoms with Crippen LogP contribution in [0.25, 0.3) is 0 Å². The molecule has 0 bridgehead atoms. The molecule has 0 aliphatic carbocycles. The molecule has 2 saturated heterocycles. The van der Waals surface area contributed by atoms with Gasteiger partial charge in [0.2, 0.25) is 5.13 Å². The number of anilines is 1. The maximum atomic E-state index is 11.8. The third-order valence-electron chi connectivity index (χ3n) is 7.49. The van der Waals surface area contributed by atoms with Gasteiger partial charge >= 0.3 is 11.9 Å². The Labute approximate surface area is 202 Å². The molecule has 3 aliphatic rings. The number of aromatic nitrogens is 2. The monoisotopic (exact) mass is 486 g/mol. The van der Waals surface area contributed by atoms with Crippen LogP contribution in [0.15, 0.2) is 12.1 Å². The molecule has 5 rings (SSSR count). The van der Waals surface area contributed by atoms with E-state index in [2.05, 4.69) is 19.2 Å². The first-order valence-electron chi connectivity index (χ1n) is 11.7. The van der Waals surface area contributed by atoms with E-state index >= 15 is 0 Å². The van der Waals surface area contributed by atoms with Crippen LogP contribution in [0.2, 0.25) is 0 Å². The Morgan fingerprint density at radius 2 is 2.06 bits per heavy atom. The summed E-state index contributed by atoms with van der Waals surface area (Å²) >= 11 is 1.36. The first-order chi connectivity index (χ1) is 16.3. The highest BCUT2D eigenvalue weighted by Crippen LogP contribution is 2.42. The molecule has 182 valence electrons. The summed E-state index contributed by atoms with van der Waals surface area (Å²) < 4.78 is 14.5. The number of β-amino-alcohol motifs (C(OH)–C–C–N with tert-alkyl or cyclic N) is 1. The lowest BCUT2D eigenvalue weighted by Gasteiger charge is -2.40. The molecule has 2 fully saturated rings. The van der Waals surface area contributed by atoms with Crippen LogP contribution in [0.5, 0.6) is 0 Å². The van der Waals surface area contributed by atoms with Crippen molar-refractivity contribution in [3.05, 3.63) is 40.2 Å². The fourth-order valence-corrected chi connectivity index (χ4v) is 6.08. The number of aliphatic hydroxyl groups is 1. The van der Waals surface area contributed by atoms with Gasteiger partial charge < -0.3 is 24.4 Å². The average molecular weight is 487 g/mol. The number of nitrogens with zero attached hydrogens (tertiary/aromatic N) is 4. The van der Waals surface area contributed by atoms with Gasteiger partial charge in [-0.15, -0.1) is 0 Å². The molecule has 1 atom stereocenters. The van der Waals surface area contributed by atoms with Crippen molar-refractivity contribution in [2.75, 3.05) is 37.6 Å². The van der Waals surface area contributed by atoms with Crippen LogP contribution in [0.4, 0.5) is 5.13 Å². The van der Waals surface area contributed by atoms with Crippen LogP contribution in [0.3, 0.4) is 0 Å². The summed E-state index contributed by atoms with van der Waals surface area (Å²) in [6.07, 6.45) is 2.70. The van der Waals surface area contributed by atoms with Crippen molar-refractivity contribution < 1.29 is 24.2 Å². The highest BCUT2D eigenvalue weighted by molar-refractivity contribution is 7.09. The van der Waals surface area contributed by atoms with E-state index in [4.69, 9.17) is 9.47 Å². The molecule has 1 spiro atoms. The van der Waals surface area contributed by atoms with Crippen molar-refractivity contribution in [1.82, 2.24) is 14.3 Å². The summed E-state index contributed by atoms with van der Waals surface area (Å²) in [5.41, 5.74) is 3.63. The summed E-state index contributed by atoms with van der Waals surface area (Å²) in [4.78, 5) is 32.0. The largest absolute Gasteiger partial charge is 0.458 e. The normalized spacial score (nSPS) is 20.4. The highest BCUT2D eigenvalue weighted by Gasteiger charge is 2.41. The standard InChI is InChI=1S/C24H30N4O5S/c1-15-17(3-4-18-19(15)12-33-22(18)31)20(30)11-27-8-5-24(6-9-27)7-10-28(14-24)23-25-21(26-34-23)13-32-16(2)29/h3-4,20,30H,5-14H2,1-2H3/t20-/m0/s1. The fourth-order valence-electron chi connectivity index (χ4n) is 5.39. The van der Waals surface area contributed by atoms with Gasteiger partial charge in [-0.25, -0.2) is 4.79 Å². The number of esters is 2. The van der Waals surface area contributed by atoms with Gasteiger partial charge in [0.15, 0.2) is 12.4 Å². The Kier molecular flexibility index (Phi) is 6.30. The summed E-state index contributed by atoms with van der Waals surface area (Å²) in [6.45, 7) is 8.16. The molecular weight excluding hydrogens is 456 g/mol. The van der Waals surface area contributed by atoms with Crippen LogP contribution in [-0.2, 0) is 27.5 Å². The summed E-state index contributed by atoms with van der Waals surface area (Å²) in [6, 6.07) is 3.64. The summed E-state index contributed by atoms with van der Waals surface area (Å²) in [5, 5.41) is 11.9. The van der Waals surface area contributed by atoms with E-state index in [1.807, 2.05) is 13.0 Å². The van der Waals surface area contributed by atoms with Crippen molar-refractivity contribution in [1.29, 1.82) is 0 Å². The Hall–Kier alpha value is -2.56. The minimum Gasteiger partial charge on any atom is -0.458 e. The molecule has 1 aromatic carbocycles. The number of rotatable bonds is 6. The number of cyclic esters (lactones) is 1. The number of carbonyl (C=O) groups is 2. The topological polar surface area (TPSA) is 105 Å². The van der Waals surface area contributed by atoms with Crippen molar-refractivity contribution in [3.63, 3.8) is 0 Å². The van der Waals surface area contributed by atoms with Crippen LogP contribution in [0.1, 0.15) is 65.2 Å². The molecule has 10 heteroatoms. The molecule has 34 heavy (non-hydrogen) atoms. The van der Waals surface area contributed by atoms with E-state index in [1.54, 1.807) is 6.07 Å². The Morgan fingerprint density at radius 1 is 1.29 bits per heavy atom. The molecule has 4 heterocycles. The van der Waals surface area contributed by atoms with Crippen LogP contribution < -0.4 is 4.90 Å². The molecule has 0 unspecified atom stereocenters. The van der Waals surface area contributed by atoms with Gasteiger partial charge in [-0.2, -0.15) is 9.36 Å². The van der Waals surface area contributed by atoms with Gasteiger partial charge in [0.25, 0.3) is 0 Å². The maximum absolute atomic E-state index is 11.8. The smallest absolute Gasteiger partial charge is 0.338 e. The second kappa shape index (κ2) is 9.24. The van der Waals surface area contributed by atoms with Crippen molar-refractivity contribution in [2.24, 2.45) is 5.41 Å². The number of hydrogen-bond donors (Lipinski definition) is 1. The first-order valence-corrected chi connectivity index (χ1v) is 12.5. The van der Waals surface area contributed by atoms with Gasteiger partial charge in [0.1, 0.15) is 6.61 Å². The van der Waals surface area contributed by atoms with E-state index in [9.17, 15) is 14.7 Å². The van der Waals surface area contributed by atoms with Gasteiger partial charge in [-0.1, -0.05) is 6.07 Å². The van der Waals surface area contributed by atoms with Crippen molar-refractivity contribution in [2.45, 2.75) is 52.4 Å². The first kappa shape index (κ1) is 23.2. The predicted molar refractivity (Wildman–Crippen MR) is 126 cm³/mol. The van der Waals surface area contributed by atoms with E-state index in [0.717, 1.165) is 67.3 Å². The molecule has 9 nitrogen and oxygen atoms in total. The number of likely N-dealkylation sites (tertiary alicyclic amines) is 1. The molecule has 0 saturated carbocycles. The van der Waals surface area contributed by atoms with E-state index in [-0.39, 0.29) is 24.0 Å².